The van der Waals surface area contributed by atoms with Crippen molar-refractivity contribution in [1.29, 1.82) is 0 Å². The topological polar surface area (TPSA) is 48.5 Å². The predicted octanol–water partition coefficient (Wildman–Crippen LogP) is 2.91. The predicted molar refractivity (Wildman–Crippen MR) is 91.7 cm³/mol. The summed E-state index contributed by atoms with van der Waals surface area (Å²) in [7, 11) is 0. The van der Waals surface area contributed by atoms with Gasteiger partial charge in [0.2, 0.25) is 0 Å². The first-order chi connectivity index (χ1) is 11.6. The summed E-state index contributed by atoms with van der Waals surface area (Å²) in [4.78, 5) is 20.1. The summed E-state index contributed by atoms with van der Waals surface area (Å²) in [6.45, 7) is 3.03. The van der Waals surface area contributed by atoms with Crippen molar-refractivity contribution < 1.29 is 9.18 Å². The number of amides is 2. The summed E-state index contributed by atoms with van der Waals surface area (Å²) < 4.78 is 13.2. The summed E-state index contributed by atoms with van der Waals surface area (Å²) in [6.07, 6.45) is 3.43. The lowest BCUT2D eigenvalue weighted by Gasteiger charge is -2.36. The van der Waals surface area contributed by atoms with E-state index in [2.05, 4.69) is 15.2 Å². The molecule has 0 saturated carbocycles. The van der Waals surface area contributed by atoms with E-state index >= 15 is 0 Å². The molecule has 3 rings (SSSR count). The molecule has 5 nitrogen and oxygen atoms in total. The van der Waals surface area contributed by atoms with E-state index < -0.39 is 5.82 Å². The van der Waals surface area contributed by atoms with Gasteiger partial charge in [0.15, 0.2) is 0 Å². The molecule has 1 saturated heterocycles. The third-order valence-electron chi connectivity index (χ3n) is 4.00. The molecule has 0 bridgehead atoms. The molecule has 7 heteroatoms. The molecule has 0 unspecified atom stereocenters. The molecule has 0 aliphatic carbocycles. The van der Waals surface area contributed by atoms with Gasteiger partial charge >= 0.3 is 6.03 Å². The fourth-order valence-electron chi connectivity index (χ4n) is 2.64. The Bertz CT molecular complexity index is 705. The van der Waals surface area contributed by atoms with Gasteiger partial charge in [-0.25, -0.2) is 9.18 Å². The Morgan fingerprint density at radius 3 is 2.71 bits per heavy atom. The van der Waals surface area contributed by atoms with Gasteiger partial charge in [-0.05, 0) is 29.8 Å². The fourth-order valence-corrected chi connectivity index (χ4v) is 2.82. The van der Waals surface area contributed by atoms with Crippen molar-refractivity contribution >= 4 is 23.3 Å². The average molecular weight is 349 g/mol. The number of urea groups is 1. The summed E-state index contributed by atoms with van der Waals surface area (Å²) in [5.74, 6) is -0.422. The number of aromatic nitrogens is 1. The van der Waals surface area contributed by atoms with Crippen molar-refractivity contribution in [3.05, 3.63) is 59.1 Å². The highest BCUT2D eigenvalue weighted by molar-refractivity contribution is 6.31. The first-order valence-electron chi connectivity index (χ1n) is 7.75. The van der Waals surface area contributed by atoms with E-state index in [1.54, 1.807) is 29.4 Å². The average Bonchev–Trinajstić information content (AvgIpc) is 2.63. The molecule has 1 fully saturated rings. The van der Waals surface area contributed by atoms with Gasteiger partial charge in [-0.2, -0.15) is 0 Å². The minimum atomic E-state index is -0.422. The largest absolute Gasteiger partial charge is 0.368 e. The lowest BCUT2D eigenvalue weighted by Crippen LogP contribution is -2.51. The normalized spacial score (nSPS) is 14.6. The van der Waals surface area contributed by atoms with Crippen LogP contribution in [0, 0.1) is 5.82 Å². The van der Waals surface area contributed by atoms with Crippen molar-refractivity contribution in [3.63, 3.8) is 0 Å². The molecule has 2 amide bonds. The summed E-state index contributed by atoms with van der Waals surface area (Å²) in [6, 6.07) is 8.37. The first-order valence-corrected chi connectivity index (χ1v) is 8.13. The van der Waals surface area contributed by atoms with Gasteiger partial charge in [-0.15, -0.1) is 0 Å². The smallest absolute Gasteiger partial charge is 0.317 e. The highest BCUT2D eigenvalue weighted by atomic mass is 35.5. The van der Waals surface area contributed by atoms with Crippen LogP contribution >= 0.6 is 11.6 Å². The van der Waals surface area contributed by atoms with Gasteiger partial charge in [0, 0.05) is 50.8 Å². The highest BCUT2D eigenvalue weighted by Crippen LogP contribution is 2.23. The van der Waals surface area contributed by atoms with E-state index in [-0.39, 0.29) is 11.1 Å². The number of halogens is 2. The van der Waals surface area contributed by atoms with Gasteiger partial charge in [-0.3, -0.25) is 4.98 Å². The Morgan fingerprint density at radius 1 is 1.25 bits per heavy atom. The van der Waals surface area contributed by atoms with E-state index in [9.17, 15) is 9.18 Å². The zero-order valence-corrected chi connectivity index (χ0v) is 13.8. The second-order valence-corrected chi connectivity index (χ2v) is 6.00. The van der Waals surface area contributed by atoms with Crippen molar-refractivity contribution in [2.75, 3.05) is 31.1 Å². The lowest BCUT2D eigenvalue weighted by molar-refractivity contribution is 0.194. The van der Waals surface area contributed by atoms with Crippen LogP contribution < -0.4 is 10.2 Å². The molecule has 24 heavy (non-hydrogen) atoms. The minimum absolute atomic E-state index is 0.0874. The van der Waals surface area contributed by atoms with Gasteiger partial charge in [0.25, 0.3) is 0 Å². The molecule has 2 aromatic rings. The Labute approximate surface area is 145 Å². The SMILES string of the molecule is O=C(NCc1cccnc1)N1CCN(c2ccc(F)c(Cl)c2)CC1. The molecular formula is C17H18ClFN4O. The van der Waals surface area contributed by atoms with Crippen LogP contribution in [0.1, 0.15) is 5.56 Å². The molecule has 1 aromatic heterocycles. The number of nitrogens with one attached hydrogen (secondary N) is 1. The van der Waals surface area contributed by atoms with Crippen molar-refractivity contribution in [3.8, 4) is 0 Å². The maximum absolute atomic E-state index is 13.2. The van der Waals surface area contributed by atoms with Crippen LogP contribution in [0.4, 0.5) is 14.9 Å². The third kappa shape index (κ3) is 3.94. The Kier molecular flexibility index (Phi) is 5.15. The Balaban J connectivity index is 1.51. The number of hydrogen-bond donors (Lipinski definition) is 1. The van der Waals surface area contributed by atoms with Crippen LogP contribution in [0.15, 0.2) is 42.7 Å². The van der Waals surface area contributed by atoms with Crippen molar-refractivity contribution in [2.24, 2.45) is 0 Å². The van der Waals surface area contributed by atoms with E-state index in [1.807, 2.05) is 12.1 Å². The van der Waals surface area contributed by atoms with Gasteiger partial charge in [0.05, 0.1) is 5.02 Å². The molecule has 0 radical (unpaired) electrons. The molecule has 126 valence electrons. The Morgan fingerprint density at radius 2 is 2.04 bits per heavy atom. The molecule has 1 N–H and O–H groups in total. The Hall–Kier alpha value is -2.34. The second-order valence-electron chi connectivity index (χ2n) is 5.59. The molecule has 0 atom stereocenters. The van der Waals surface area contributed by atoms with E-state index in [1.165, 1.54) is 6.07 Å². The zero-order valence-electron chi connectivity index (χ0n) is 13.1. The number of benzene rings is 1. The standard InChI is InChI=1S/C17H18ClFN4O/c18-15-10-14(3-4-16(15)19)22-6-8-23(9-7-22)17(24)21-12-13-2-1-5-20-11-13/h1-5,10-11H,6-9,12H2,(H,21,24). The fraction of sp³-hybridized carbons (Fsp3) is 0.294. The van der Waals surface area contributed by atoms with Crippen LogP contribution in [0.3, 0.4) is 0 Å². The monoisotopic (exact) mass is 348 g/mol. The molecule has 1 aliphatic rings. The lowest BCUT2D eigenvalue weighted by atomic mass is 10.2. The number of carbonyl (C=O) groups is 1. The number of pyridine rings is 1. The van der Waals surface area contributed by atoms with Crippen LogP contribution in [0.25, 0.3) is 0 Å². The molecular weight excluding hydrogens is 331 g/mol. The maximum Gasteiger partial charge on any atom is 0.317 e. The van der Waals surface area contributed by atoms with E-state index in [4.69, 9.17) is 11.6 Å². The van der Waals surface area contributed by atoms with E-state index in [0.29, 0.717) is 32.7 Å². The molecule has 1 aromatic carbocycles. The van der Waals surface area contributed by atoms with Gasteiger partial charge in [-0.1, -0.05) is 17.7 Å². The van der Waals surface area contributed by atoms with Gasteiger partial charge < -0.3 is 15.1 Å². The van der Waals surface area contributed by atoms with Crippen LogP contribution in [-0.2, 0) is 6.54 Å². The first kappa shape index (κ1) is 16.5. The zero-order chi connectivity index (χ0) is 16.9. The molecule has 2 heterocycles. The summed E-state index contributed by atoms with van der Waals surface area (Å²) in [5, 5.41) is 3.01. The number of nitrogens with zero attached hydrogens (tertiary/aromatic N) is 3. The summed E-state index contributed by atoms with van der Waals surface area (Å²) in [5.41, 5.74) is 1.84. The summed E-state index contributed by atoms with van der Waals surface area (Å²) >= 11 is 5.83. The van der Waals surface area contributed by atoms with Crippen LogP contribution in [0.5, 0.6) is 0 Å². The number of rotatable bonds is 3. The van der Waals surface area contributed by atoms with Crippen LogP contribution in [0.2, 0.25) is 5.02 Å². The molecule has 1 aliphatic heterocycles. The minimum Gasteiger partial charge on any atom is -0.368 e. The third-order valence-corrected chi connectivity index (χ3v) is 4.29. The van der Waals surface area contributed by atoms with Gasteiger partial charge in [0.1, 0.15) is 5.82 Å². The number of piperazine rings is 1. The number of anilines is 1. The van der Waals surface area contributed by atoms with Crippen molar-refractivity contribution in [1.82, 2.24) is 15.2 Å². The van der Waals surface area contributed by atoms with E-state index in [0.717, 1.165) is 11.3 Å². The quantitative estimate of drug-likeness (QED) is 0.927. The molecule has 0 spiro atoms. The second kappa shape index (κ2) is 7.49. The number of carbonyl (C=O) groups excluding carboxylic acids is 1. The van der Waals surface area contributed by atoms with Crippen LogP contribution in [-0.4, -0.2) is 42.1 Å². The van der Waals surface area contributed by atoms with Crippen molar-refractivity contribution in [2.45, 2.75) is 6.54 Å². The highest BCUT2D eigenvalue weighted by Gasteiger charge is 2.21. The maximum atomic E-state index is 13.2. The number of hydrogen-bond acceptors (Lipinski definition) is 3.